The summed E-state index contributed by atoms with van der Waals surface area (Å²) < 4.78 is 2.03. The van der Waals surface area contributed by atoms with Gasteiger partial charge in [0, 0.05) is 34.9 Å². The lowest BCUT2D eigenvalue weighted by atomic mass is 9.92. The summed E-state index contributed by atoms with van der Waals surface area (Å²) in [5.41, 5.74) is 3.17. The molecule has 2 aromatic heterocycles. The van der Waals surface area contributed by atoms with Gasteiger partial charge >= 0.3 is 0 Å². The van der Waals surface area contributed by atoms with Crippen LogP contribution in [0.2, 0.25) is 0 Å². The first kappa shape index (κ1) is 15.1. The molecule has 2 fully saturated rings. The molecule has 1 aliphatic heterocycles. The number of aromatic nitrogens is 2. The van der Waals surface area contributed by atoms with E-state index < -0.39 is 0 Å². The molecule has 1 unspecified atom stereocenters. The van der Waals surface area contributed by atoms with Gasteiger partial charge in [-0.25, -0.2) is 4.98 Å². The minimum atomic E-state index is 0.178. The number of carbonyl (C=O) groups is 1. The number of rotatable bonds is 3. The van der Waals surface area contributed by atoms with Gasteiger partial charge in [-0.2, -0.15) is 0 Å². The van der Waals surface area contributed by atoms with Crippen LogP contribution in [0.15, 0.2) is 42.0 Å². The Morgan fingerprint density at radius 1 is 1.28 bits per heavy atom. The number of nitrogens with one attached hydrogen (secondary N) is 2. The Hall–Kier alpha value is -2.18. The Morgan fingerprint density at radius 2 is 2.08 bits per heavy atom. The Kier molecular flexibility index (Phi) is 3.43. The van der Waals surface area contributed by atoms with Gasteiger partial charge in [-0.3, -0.25) is 9.20 Å². The summed E-state index contributed by atoms with van der Waals surface area (Å²) in [5, 5.41) is 8.50. The molecule has 3 heterocycles. The van der Waals surface area contributed by atoms with E-state index in [2.05, 4.69) is 15.6 Å². The number of imidazole rings is 1. The first-order valence-electron chi connectivity index (χ1n) is 8.78. The molecule has 1 saturated carbocycles. The van der Waals surface area contributed by atoms with E-state index in [4.69, 9.17) is 0 Å². The van der Waals surface area contributed by atoms with E-state index in [1.165, 1.54) is 0 Å². The van der Waals surface area contributed by atoms with E-state index in [-0.39, 0.29) is 17.2 Å². The number of thiazole rings is 1. The van der Waals surface area contributed by atoms with E-state index in [9.17, 15) is 4.79 Å². The van der Waals surface area contributed by atoms with Crippen LogP contribution in [0.5, 0.6) is 0 Å². The largest absolute Gasteiger partial charge is 0.326 e. The minimum absolute atomic E-state index is 0.178. The van der Waals surface area contributed by atoms with Crippen LogP contribution in [0.3, 0.4) is 0 Å². The zero-order valence-electron chi connectivity index (χ0n) is 13.9. The van der Waals surface area contributed by atoms with Crippen LogP contribution < -0.4 is 10.6 Å². The van der Waals surface area contributed by atoms with Crippen molar-refractivity contribution in [2.75, 3.05) is 18.4 Å². The average molecular weight is 352 g/mol. The fourth-order valence-electron chi connectivity index (χ4n) is 4.02. The van der Waals surface area contributed by atoms with Crippen molar-refractivity contribution < 1.29 is 4.79 Å². The molecule has 5 nitrogen and oxygen atoms in total. The number of amides is 1. The summed E-state index contributed by atoms with van der Waals surface area (Å²) in [6, 6.07) is 7.99. The smallest absolute Gasteiger partial charge is 0.228 e. The summed E-state index contributed by atoms with van der Waals surface area (Å²) in [4.78, 5) is 18.2. The molecule has 6 heteroatoms. The Morgan fingerprint density at radius 3 is 2.84 bits per heavy atom. The predicted molar refractivity (Wildman–Crippen MR) is 99.8 cm³/mol. The Balaban J connectivity index is 1.27. The van der Waals surface area contributed by atoms with Gasteiger partial charge in [-0.15, -0.1) is 11.3 Å². The van der Waals surface area contributed by atoms with Gasteiger partial charge < -0.3 is 10.6 Å². The molecule has 2 N–H and O–H groups in total. The lowest BCUT2D eigenvalue weighted by Gasteiger charge is -2.23. The maximum Gasteiger partial charge on any atom is 0.228 e. The van der Waals surface area contributed by atoms with Crippen molar-refractivity contribution in [3.8, 4) is 11.3 Å². The fourth-order valence-corrected chi connectivity index (χ4v) is 4.72. The van der Waals surface area contributed by atoms with Crippen molar-refractivity contribution in [1.29, 1.82) is 0 Å². The molecule has 0 bridgehead atoms. The van der Waals surface area contributed by atoms with Gasteiger partial charge in [0.25, 0.3) is 0 Å². The number of piperidine rings is 1. The number of hydrogen-bond donors (Lipinski definition) is 2. The Labute approximate surface area is 150 Å². The fraction of sp³-hybridized carbons (Fsp3) is 0.368. The third kappa shape index (κ3) is 2.65. The van der Waals surface area contributed by atoms with Crippen LogP contribution in [-0.4, -0.2) is 28.4 Å². The van der Waals surface area contributed by atoms with Gasteiger partial charge in [-0.05, 0) is 49.9 Å². The molecule has 3 aromatic rings. The highest BCUT2D eigenvalue weighted by molar-refractivity contribution is 7.15. The zero-order chi connectivity index (χ0) is 16.9. The van der Waals surface area contributed by atoms with E-state index >= 15 is 0 Å². The molecule has 1 spiro atoms. The third-order valence-electron chi connectivity index (χ3n) is 5.65. The maximum absolute atomic E-state index is 12.5. The van der Waals surface area contributed by atoms with E-state index in [0.717, 1.165) is 54.3 Å². The van der Waals surface area contributed by atoms with E-state index in [1.54, 1.807) is 11.3 Å². The number of anilines is 1. The van der Waals surface area contributed by atoms with Crippen molar-refractivity contribution in [2.45, 2.75) is 19.3 Å². The van der Waals surface area contributed by atoms with Gasteiger partial charge in [0.1, 0.15) is 0 Å². The second-order valence-corrected chi connectivity index (χ2v) is 8.03. The molecular weight excluding hydrogens is 332 g/mol. The minimum Gasteiger partial charge on any atom is -0.326 e. The molecule has 25 heavy (non-hydrogen) atoms. The molecule has 1 atom stereocenters. The summed E-state index contributed by atoms with van der Waals surface area (Å²) >= 11 is 1.63. The second-order valence-electron chi connectivity index (χ2n) is 7.15. The molecule has 5 rings (SSSR count). The summed E-state index contributed by atoms with van der Waals surface area (Å²) in [7, 11) is 0. The molecule has 1 aliphatic carbocycles. The molecule has 1 saturated heterocycles. The third-order valence-corrected chi connectivity index (χ3v) is 6.42. The second kappa shape index (κ2) is 5.68. The number of benzene rings is 1. The summed E-state index contributed by atoms with van der Waals surface area (Å²) in [6.07, 6.45) is 7.34. The first-order chi connectivity index (χ1) is 12.2. The maximum atomic E-state index is 12.5. The van der Waals surface area contributed by atoms with Gasteiger partial charge in [0.2, 0.25) is 5.91 Å². The van der Waals surface area contributed by atoms with Crippen molar-refractivity contribution in [3.63, 3.8) is 0 Å². The highest BCUT2D eigenvalue weighted by Gasteiger charge is 2.57. The molecular formula is C19H20N4OS. The van der Waals surface area contributed by atoms with Crippen LogP contribution in [0.25, 0.3) is 16.2 Å². The normalized spacial score (nSPS) is 21.5. The number of fused-ring (bicyclic) bond motifs is 1. The Bertz CT molecular complexity index is 892. The lowest BCUT2D eigenvalue weighted by Crippen LogP contribution is -2.31. The quantitative estimate of drug-likeness (QED) is 0.760. The van der Waals surface area contributed by atoms with E-state index in [0.29, 0.717) is 0 Å². The number of carbonyl (C=O) groups excluding carboxylic acids is 1. The predicted octanol–water partition coefficient (Wildman–Crippen LogP) is 3.39. The zero-order valence-corrected chi connectivity index (χ0v) is 14.7. The number of nitrogens with zero attached hydrogens (tertiary/aromatic N) is 2. The highest BCUT2D eigenvalue weighted by Crippen LogP contribution is 2.58. The van der Waals surface area contributed by atoms with E-state index in [1.807, 2.05) is 46.4 Å². The van der Waals surface area contributed by atoms with Crippen molar-refractivity contribution in [1.82, 2.24) is 14.7 Å². The molecule has 1 amide bonds. The molecule has 2 aliphatic rings. The molecule has 0 radical (unpaired) electrons. The summed E-state index contributed by atoms with van der Waals surface area (Å²) in [6.45, 7) is 2.08. The van der Waals surface area contributed by atoms with Crippen LogP contribution in [0, 0.1) is 11.3 Å². The van der Waals surface area contributed by atoms with Crippen LogP contribution >= 0.6 is 11.3 Å². The average Bonchev–Trinajstić information content (AvgIpc) is 2.95. The summed E-state index contributed by atoms with van der Waals surface area (Å²) in [5.74, 6) is 0.367. The van der Waals surface area contributed by atoms with Gasteiger partial charge in [0.05, 0.1) is 5.69 Å². The van der Waals surface area contributed by atoms with Crippen LogP contribution in [0.1, 0.15) is 19.3 Å². The van der Waals surface area contributed by atoms with Crippen LogP contribution in [0.4, 0.5) is 5.69 Å². The SMILES string of the molecule is O=C(Nc1ccc(-c2cn3ccsc3n2)cc1)C1CC12CCNCC2. The standard InChI is InChI=1S/C19H20N4OS/c24-17(15-11-19(15)5-7-20-8-6-19)21-14-3-1-13(2-4-14)16-12-23-9-10-25-18(23)22-16/h1-4,9-10,12,15,20H,5-8,11H2,(H,21,24). The van der Waals surface area contributed by atoms with Crippen molar-refractivity contribution >= 4 is 27.9 Å². The monoisotopic (exact) mass is 352 g/mol. The number of hydrogen-bond acceptors (Lipinski definition) is 4. The highest BCUT2D eigenvalue weighted by atomic mass is 32.1. The van der Waals surface area contributed by atoms with Crippen LogP contribution in [-0.2, 0) is 4.79 Å². The topological polar surface area (TPSA) is 58.4 Å². The molecule has 128 valence electrons. The van der Waals surface area contributed by atoms with Gasteiger partial charge in [-0.1, -0.05) is 12.1 Å². The molecule has 1 aromatic carbocycles. The van der Waals surface area contributed by atoms with Crippen molar-refractivity contribution in [3.05, 3.63) is 42.0 Å². The lowest BCUT2D eigenvalue weighted by molar-refractivity contribution is -0.118. The van der Waals surface area contributed by atoms with Crippen molar-refractivity contribution in [2.24, 2.45) is 11.3 Å². The van der Waals surface area contributed by atoms with Gasteiger partial charge in [0.15, 0.2) is 4.96 Å². The first-order valence-corrected chi connectivity index (χ1v) is 9.66.